The van der Waals surface area contributed by atoms with E-state index in [1.54, 1.807) is 81.6 Å². The molecule has 0 saturated carbocycles. The zero-order valence-corrected chi connectivity index (χ0v) is 50.8. The Hall–Kier alpha value is -9.49. The molecule has 8 aromatic rings. The number of aldehydes is 1. The van der Waals surface area contributed by atoms with Gasteiger partial charge in [0, 0.05) is 70.3 Å². The van der Waals surface area contributed by atoms with Gasteiger partial charge < -0.3 is 19.5 Å². The first kappa shape index (κ1) is 66.0. The molecular weight excluding hydrogens is 1210 g/mol. The van der Waals surface area contributed by atoms with E-state index in [4.69, 9.17) is 27.0 Å². The average Bonchev–Trinajstić information content (AvgIpc) is 1.60. The maximum absolute atomic E-state index is 14.0. The highest BCUT2D eigenvalue weighted by atomic mass is 32.3. The van der Waals surface area contributed by atoms with E-state index in [1.807, 2.05) is 44.2 Å². The number of hydrogen-bond acceptors (Lipinski definition) is 20. The number of benzene rings is 3. The van der Waals surface area contributed by atoms with Crippen LogP contribution in [-0.2, 0) is 39.4 Å². The van der Waals surface area contributed by atoms with Crippen LogP contribution < -0.4 is 25.6 Å². The quantitative estimate of drug-likeness (QED) is 0.0404. The number of fused-ring (bicyclic) bond motifs is 1. The van der Waals surface area contributed by atoms with Gasteiger partial charge in [-0.3, -0.25) is 52.9 Å². The number of aromatic amines is 1. The second kappa shape index (κ2) is 29.3. The minimum atomic E-state index is -4.67. The number of rotatable bonds is 16. The topological polar surface area (TPSA) is 328 Å². The summed E-state index contributed by atoms with van der Waals surface area (Å²) in [4.78, 5) is 82.0. The van der Waals surface area contributed by atoms with Crippen LogP contribution in [0.5, 0.6) is 11.5 Å². The maximum atomic E-state index is 14.0. The van der Waals surface area contributed by atoms with Gasteiger partial charge in [0.05, 0.1) is 23.4 Å². The molecule has 5 aromatic heterocycles. The molecule has 1 atom stereocenters. The SMILES string of the molecule is CCCC(=O)c1c(OCc2ccccc2)c(=O)c(-c2nnc(Cc3ccc(F)cc3)s2)cn1N(C)C(=O)OC(C)(C)C.CCN1C(=O)c2c(O)c(=O)c(-c3nnc(Cc4ccc(F)cc4)s3)cn2N(C)C1c1ccn[nH]1.O=CC1=CC=NC1.O=S(=O)(O)O. The summed E-state index contributed by atoms with van der Waals surface area (Å²) in [5, 5.41) is 39.1. The largest absolute Gasteiger partial charge is 0.502 e. The number of halogens is 2. The van der Waals surface area contributed by atoms with Gasteiger partial charge in [0.1, 0.15) is 40.1 Å². The van der Waals surface area contributed by atoms with Gasteiger partial charge in [0.15, 0.2) is 44.9 Å². The van der Waals surface area contributed by atoms with E-state index in [-0.39, 0.29) is 63.7 Å². The van der Waals surface area contributed by atoms with Crippen LogP contribution in [0, 0.1) is 11.6 Å². The third-order valence-corrected chi connectivity index (χ3v) is 14.5. The number of pyridine rings is 2. The number of nitrogens with one attached hydrogen (secondary N) is 1. The number of aromatic nitrogens is 8. The summed E-state index contributed by atoms with van der Waals surface area (Å²) in [7, 11) is -1.47. The van der Waals surface area contributed by atoms with Gasteiger partial charge in [-0.05, 0) is 87.2 Å². The molecule has 0 saturated heterocycles. The van der Waals surface area contributed by atoms with Gasteiger partial charge in [0.2, 0.25) is 10.9 Å². The van der Waals surface area contributed by atoms with Crippen LogP contribution in [0.2, 0.25) is 0 Å². The molecule has 462 valence electrons. The van der Waals surface area contributed by atoms with Gasteiger partial charge in [-0.1, -0.05) is 84.2 Å². The van der Waals surface area contributed by atoms with E-state index in [0.29, 0.717) is 53.1 Å². The lowest BCUT2D eigenvalue weighted by molar-refractivity contribution is -0.104. The number of ketones is 1. The zero-order valence-electron chi connectivity index (χ0n) is 48.4. The van der Waals surface area contributed by atoms with Gasteiger partial charge in [-0.2, -0.15) is 13.5 Å². The Morgan fingerprint density at radius 1 is 0.830 bits per heavy atom. The van der Waals surface area contributed by atoms with Crippen LogP contribution >= 0.6 is 22.7 Å². The number of amides is 2. The predicted octanol–water partition coefficient (Wildman–Crippen LogP) is 7.97. The third-order valence-electron chi connectivity index (χ3n) is 12.6. The Kier molecular flexibility index (Phi) is 22.0. The van der Waals surface area contributed by atoms with E-state index >= 15 is 0 Å². The van der Waals surface area contributed by atoms with Crippen LogP contribution in [-0.4, -0.2) is 131 Å². The molecular formula is C58H60F2N12O13S3. The molecule has 2 aliphatic heterocycles. The third kappa shape index (κ3) is 17.1. The number of allylic oxidation sites excluding steroid dienone is 1. The van der Waals surface area contributed by atoms with Crippen molar-refractivity contribution in [1.29, 1.82) is 0 Å². The first-order chi connectivity index (χ1) is 41.8. The highest BCUT2D eigenvalue weighted by molar-refractivity contribution is 7.79. The lowest BCUT2D eigenvalue weighted by Gasteiger charge is -2.44. The van der Waals surface area contributed by atoms with Crippen molar-refractivity contribution in [2.45, 2.75) is 78.7 Å². The van der Waals surface area contributed by atoms with E-state index in [9.17, 15) is 42.7 Å². The van der Waals surface area contributed by atoms with Crippen molar-refractivity contribution in [1.82, 2.24) is 44.8 Å². The number of carbonyl (C=O) groups excluding carboxylic acids is 4. The summed E-state index contributed by atoms with van der Waals surface area (Å²) < 4.78 is 72.5. The Balaban J connectivity index is 0.000000213. The fourth-order valence-electron chi connectivity index (χ4n) is 8.56. The Morgan fingerprint density at radius 3 is 1.88 bits per heavy atom. The van der Waals surface area contributed by atoms with Crippen molar-refractivity contribution >= 4 is 63.4 Å². The van der Waals surface area contributed by atoms with E-state index in [0.717, 1.165) is 33.6 Å². The molecule has 25 nitrogen and oxygen atoms in total. The highest BCUT2D eigenvalue weighted by Gasteiger charge is 2.40. The second-order valence-electron chi connectivity index (χ2n) is 20.2. The van der Waals surface area contributed by atoms with Crippen LogP contribution in [0.25, 0.3) is 21.1 Å². The molecule has 0 radical (unpaired) electrons. The van der Waals surface area contributed by atoms with Crippen LogP contribution in [0.4, 0.5) is 13.6 Å². The molecule has 0 bridgehead atoms. The number of H-pyrrole nitrogens is 1. The predicted molar refractivity (Wildman–Crippen MR) is 324 cm³/mol. The van der Waals surface area contributed by atoms with Gasteiger partial charge in [0.25, 0.3) is 5.91 Å². The van der Waals surface area contributed by atoms with Crippen molar-refractivity contribution in [3.05, 3.63) is 191 Å². The summed E-state index contributed by atoms with van der Waals surface area (Å²) in [5.74, 6) is -2.35. The van der Waals surface area contributed by atoms with E-state index in [2.05, 4.69) is 35.6 Å². The number of nitrogens with zero attached hydrogens (tertiary/aromatic N) is 11. The van der Waals surface area contributed by atoms with Gasteiger partial charge >= 0.3 is 16.5 Å². The van der Waals surface area contributed by atoms with E-state index < -0.39 is 50.8 Å². The molecule has 3 aromatic carbocycles. The van der Waals surface area contributed by atoms with E-state index in [1.165, 1.54) is 80.6 Å². The van der Waals surface area contributed by atoms with Crippen molar-refractivity contribution < 1.29 is 60.1 Å². The molecule has 10 rings (SSSR count). The molecule has 0 spiro atoms. The van der Waals surface area contributed by atoms with Crippen molar-refractivity contribution in [2.24, 2.45) is 4.99 Å². The second-order valence-corrected chi connectivity index (χ2v) is 23.2. The Bertz CT molecular complexity index is 4070. The summed E-state index contributed by atoms with van der Waals surface area (Å²) in [6.07, 6.45) is 8.86. The maximum Gasteiger partial charge on any atom is 0.429 e. The van der Waals surface area contributed by atoms with Crippen LogP contribution in [0.15, 0.2) is 130 Å². The molecule has 88 heavy (non-hydrogen) atoms. The molecule has 0 fully saturated rings. The lowest BCUT2D eigenvalue weighted by atomic mass is 10.1. The first-order valence-electron chi connectivity index (χ1n) is 26.8. The van der Waals surface area contributed by atoms with Crippen molar-refractivity contribution in [3.8, 4) is 32.6 Å². The standard InChI is InChI=1S/C31H33FN4O5S.C22H20FN7O3S.C5H5NO.H2O4S/c1-6-10-24(37)26-28(40-19-21-11-8-7-9-12-21)27(38)23(18-36(26)35(5)30(39)41-31(2,3)4)29-34-33-25(42-29)17-20-13-15-22(32)16-14-20;1-3-29-21(15-8-9-24-25-15)28(2)30-11-14(18(31)19(32)17(30)22(29)33)20-27-26-16(34-20)10-12-4-6-13(23)7-5-12;7-4-5-1-2-6-3-5;1-5(2,3)4/h7-9,11-16,18H,6,10,17,19H2,1-5H3;4-9,11,21,32H,3,10H2,1-2H3,(H,24,25);1-2,4H,3H2;(H2,1,2,3,4). The molecule has 30 heteroatoms. The normalized spacial score (nSPS) is 13.4. The Morgan fingerprint density at radius 2 is 1.40 bits per heavy atom. The molecule has 1 unspecified atom stereocenters. The molecule has 2 aliphatic rings. The van der Waals surface area contributed by atoms with Crippen LogP contribution in [0.1, 0.15) is 107 Å². The summed E-state index contributed by atoms with van der Waals surface area (Å²) in [6.45, 7) is 9.81. The number of ether oxygens (including phenoxy) is 2. The fraction of sp³-hybridized carbons (Fsp3) is 0.276. The number of aromatic hydroxyl groups is 1. The fourth-order valence-corrected chi connectivity index (χ4v) is 10.3. The number of Topliss-reactive ketones (excluding diaryl/α,β-unsaturated/α-hetero) is 1. The average molecular weight is 1270 g/mol. The minimum Gasteiger partial charge on any atom is -0.502 e. The van der Waals surface area contributed by atoms with Gasteiger partial charge in [-0.15, -0.1) is 20.4 Å². The Labute approximate surface area is 510 Å². The summed E-state index contributed by atoms with van der Waals surface area (Å²) in [5.41, 5.74) is 1.90. The van der Waals surface area contributed by atoms with Crippen LogP contribution in [0.3, 0.4) is 0 Å². The summed E-state index contributed by atoms with van der Waals surface area (Å²) in [6, 6.07) is 23.1. The van der Waals surface area contributed by atoms with Gasteiger partial charge in [-0.25, -0.2) is 23.3 Å². The first-order valence-corrected chi connectivity index (χ1v) is 29.8. The lowest BCUT2D eigenvalue weighted by Crippen LogP contribution is -2.54. The number of hydrogen-bond donors (Lipinski definition) is 4. The monoisotopic (exact) mass is 1270 g/mol. The number of aliphatic imine (C=N–C) groups is 1. The molecule has 7 heterocycles. The highest BCUT2D eigenvalue weighted by Crippen LogP contribution is 2.34. The number of carbonyl (C=O) groups is 4. The zero-order chi connectivity index (χ0) is 64.0. The summed E-state index contributed by atoms with van der Waals surface area (Å²) >= 11 is 2.37. The van der Waals surface area contributed by atoms with Crippen molar-refractivity contribution in [2.75, 3.05) is 37.2 Å². The molecule has 4 N–H and O–H groups in total. The minimum absolute atomic E-state index is 0.0219. The van der Waals surface area contributed by atoms with Crippen molar-refractivity contribution in [3.63, 3.8) is 0 Å². The molecule has 2 amide bonds. The smallest absolute Gasteiger partial charge is 0.429 e. The molecule has 0 aliphatic carbocycles.